The normalized spacial score (nSPS) is 30.4. The van der Waals surface area contributed by atoms with E-state index in [-0.39, 0.29) is 5.60 Å². The van der Waals surface area contributed by atoms with Gasteiger partial charge in [-0.05, 0) is 43.0 Å². The fourth-order valence-corrected chi connectivity index (χ4v) is 3.87. The summed E-state index contributed by atoms with van der Waals surface area (Å²) in [6.45, 7) is 1.10. The van der Waals surface area contributed by atoms with Crippen LogP contribution in [-0.2, 0) is 16.8 Å². The van der Waals surface area contributed by atoms with E-state index in [4.69, 9.17) is 4.74 Å². The largest absolute Gasteiger partial charge is 0.372 e. The number of methoxy groups -OCH3 is 1. The summed E-state index contributed by atoms with van der Waals surface area (Å²) in [4.78, 5) is 3.39. The quantitative estimate of drug-likeness (QED) is 0.805. The van der Waals surface area contributed by atoms with Crippen molar-refractivity contribution in [2.75, 3.05) is 13.7 Å². The van der Waals surface area contributed by atoms with Gasteiger partial charge >= 0.3 is 0 Å². The molecule has 0 amide bonds. The first-order chi connectivity index (χ1) is 8.85. The molecular weight excluding hydrogens is 224 g/mol. The molecule has 1 aromatic carbocycles. The van der Waals surface area contributed by atoms with Crippen molar-refractivity contribution < 1.29 is 4.74 Å². The molecule has 1 fully saturated rings. The third kappa shape index (κ3) is 1.16. The molecule has 1 saturated heterocycles. The van der Waals surface area contributed by atoms with Gasteiger partial charge in [0, 0.05) is 30.3 Å². The molecule has 1 aliphatic heterocycles. The first kappa shape index (κ1) is 10.6. The molecule has 2 heterocycles. The molecule has 3 heteroatoms. The number of H-pyrrole nitrogens is 1. The predicted octanol–water partition coefficient (Wildman–Crippen LogP) is 2.32. The van der Waals surface area contributed by atoms with Crippen LogP contribution in [0.5, 0.6) is 0 Å². The second-order valence-corrected chi connectivity index (χ2v) is 5.45. The van der Waals surface area contributed by atoms with E-state index in [0.717, 1.165) is 19.4 Å². The van der Waals surface area contributed by atoms with Gasteiger partial charge in [-0.2, -0.15) is 0 Å². The molecule has 3 nitrogen and oxygen atoms in total. The first-order valence-corrected chi connectivity index (χ1v) is 6.73. The van der Waals surface area contributed by atoms with Gasteiger partial charge in [-0.1, -0.05) is 12.1 Å². The SMILES string of the molecule is COC12CCCN[C@@H]1Cc1c[nH]c3cccc2c13. The minimum absolute atomic E-state index is 0.132. The topological polar surface area (TPSA) is 37.0 Å². The third-order valence-electron chi connectivity index (χ3n) is 4.71. The van der Waals surface area contributed by atoms with Gasteiger partial charge in [0.2, 0.25) is 0 Å². The average Bonchev–Trinajstić information content (AvgIpc) is 2.84. The molecule has 2 aromatic rings. The van der Waals surface area contributed by atoms with Gasteiger partial charge in [0.15, 0.2) is 0 Å². The van der Waals surface area contributed by atoms with E-state index in [1.807, 2.05) is 7.11 Å². The Balaban J connectivity index is 2.03. The summed E-state index contributed by atoms with van der Waals surface area (Å²) in [5, 5.41) is 5.04. The van der Waals surface area contributed by atoms with Gasteiger partial charge in [-0.15, -0.1) is 0 Å². The van der Waals surface area contributed by atoms with Gasteiger partial charge in [-0.3, -0.25) is 0 Å². The summed E-state index contributed by atoms with van der Waals surface area (Å²) in [5.41, 5.74) is 3.89. The fourth-order valence-electron chi connectivity index (χ4n) is 3.87. The summed E-state index contributed by atoms with van der Waals surface area (Å²) >= 11 is 0. The van der Waals surface area contributed by atoms with E-state index >= 15 is 0 Å². The lowest BCUT2D eigenvalue weighted by molar-refractivity contribution is -0.0681. The predicted molar refractivity (Wildman–Crippen MR) is 71.7 cm³/mol. The Morgan fingerprint density at radius 2 is 2.33 bits per heavy atom. The van der Waals surface area contributed by atoms with Crippen LogP contribution in [-0.4, -0.2) is 24.7 Å². The average molecular weight is 242 g/mol. The summed E-state index contributed by atoms with van der Waals surface area (Å²) in [6, 6.07) is 6.94. The van der Waals surface area contributed by atoms with Crippen molar-refractivity contribution >= 4 is 10.9 Å². The first-order valence-electron chi connectivity index (χ1n) is 6.73. The van der Waals surface area contributed by atoms with Crippen LogP contribution in [0.2, 0.25) is 0 Å². The number of aromatic nitrogens is 1. The highest BCUT2D eigenvalue weighted by Gasteiger charge is 2.46. The maximum atomic E-state index is 6.02. The number of hydrogen-bond acceptors (Lipinski definition) is 2. The Bertz CT molecular complexity index is 604. The Morgan fingerprint density at radius 1 is 1.39 bits per heavy atom. The summed E-state index contributed by atoms with van der Waals surface area (Å²) in [6.07, 6.45) is 5.51. The van der Waals surface area contributed by atoms with E-state index < -0.39 is 0 Å². The van der Waals surface area contributed by atoms with Crippen LogP contribution in [0.15, 0.2) is 24.4 Å². The molecule has 0 radical (unpaired) electrons. The zero-order valence-corrected chi connectivity index (χ0v) is 10.6. The standard InChI is InChI=1S/C15H18N2O/c1-18-15-6-3-7-16-13(15)8-10-9-17-12-5-2-4-11(15)14(10)12/h2,4-5,9,13,16-17H,3,6-8H2,1H3/t13-,15?/m1/s1. The molecule has 18 heavy (non-hydrogen) atoms. The summed E-state index contributed by atoms with van der Waals surface area (Å²) < 4.78 is 6.02. The van der Waals surface area contributed by atoms with E-state index in [9.17, 15) is 0 Å². The highest BCUT2D eigenvalue weighted by Crippen LogP contribution is 2.45. The highest BCUT2D eigenvalue weighted by atomic mass is 16.5. The number of nitrogens with one attached hydrogen (secondary N) is 2. The van der Waals surface area contributed by atoms with Crippen LogP contribution in [0.1, 0.15) is 24.0 Å². The molecule has 1 aliphatic carbocycles. The Labute approximate surface area is 107 Å². The van der Waals surface area contributed by atoms with Gasteiger partial charge in [-0.25, -0.2) is 0 Å². The number of rotatable bonds is 1. The zero-order chi connectivity index (χ0) is 12.2. The second kappa shape index (κ2) is 3.59. The van der Waals surface area contributed by atoms with Crippen molar-refractivity contribution in [2.45, 2.75) is 30.9 Å². The van der Waals surface area contributed by atoms with E-state index in [2.05, 4.69) is 34.7 Å². The van der Waals surface area contributed by atoms with Crippen molar-refractivity contribution in [3.05, 3.63) is 35.5 Å². The zero-order valence-electron chi connectivity index (χ0n) is 10.6. The Kier molecular flexibility index (Phi) is 2.11. The van der Waals surface area contributed by atoms with Crippen molar-refractivity contribution in [1.82, 2.24) is 10.3 Å². The lowest BCUT2D eigenvalue weighted by Gasteiger charge is -2.46. The van der Waals surface area contributed by atoms with Crippen LogP contribution in [0.3, 0.4) is 0 Å². The lowest BCUT2D eigenvalue weighted by atomic mass is 9.72. The third-order valence-corrected chi connectivity index (χ3v) is 4.71. The van der Waals surface area contributed by atoms with Crippen LogP contribution in [0.4, 0.5) is 0 Å². The van der Waals surface area contributed by atoms with Crippen molar-refractivity contribution in [3.8, 4) is 0 Å². The van der Waals surface area contributed by atoms with Crippen LogP contribution in [0.25, 0.3) is 10.9 Å². The number of fused-ring (bicyclic) bond motifs is 2. The summed E-state index contributed by atoms with van der Waals surface area (Å²) in [7, 11) is 1.86. The molecule has 2 aliphatic rings. The number of piperidine rings is 1. The smallest absolute Gasteiger partial charge is 0.109 e. The van der Waals surface area contributed by atoms with E-state index in [0.29, 0.717) is 6.04 Å². The van der Waals surface area contributed by atoms with Gasteiger partial charge < -0.3 is 15.0 Å². The summed E-state index contributed by atoms with van der Waals surface area (Å²) in [5.74, 6) is 0. The highest BCUT2D eigenvalue weighted by molar-refractivity contribution is 5.88. The number of hydrogen-bond donors (Lipinski definition) is 2. The number of ether oxygens (including phenoxy) is 1. The lowest BCUT2D eigenvalue weighted by Crippen LogP contribution is -2.56. The maximum absolute atomic E-state index is 6.02. The molecule has 0 saturated carbocycles. The molecular formula is C15H18N2O. The second-order valence-electron chi connectivity index (χ2n) is 5.45. The van der Waals surface area contributed by atoms with Gasteiger partial charge in [0.1, 0.15) is 5.60 Å². The number of benzene rings is 1. The van der Waals surface area contributed by atoms with Crippen molar-refractivity contribution in [1.29, 1.82) is 0 Å². The molecule has 1 unspecified atom stereocenters. The Hall–Kier alpha value is -1.32. The molecule has 0 bridgehead atoms. The fraction of sp³-hybridized carbons (Fsp3) is 0.467. The van der Waals surface area contributed by atoms with Gasteiger partial charge in [0.25, 0.3) is 0 Å². The molecule has 2 N–H and O–H groups in total. The molecule has 0 spiro atoms. The van der Waals surface area contributed by atoms with Crippen LogP contribution >= 0.6 is 0 Å². The molecule has 4 rings (SSSR count). The van der Waals surface area contributed by atoms with Crippen molar-refractivity contribution in [3.63, 3.8) is 0 Å². The molecule has 2 atom stereocenters. The van der Waals surface area contributed by atoms with Gasteiger partial charge in [0.05, 0.1) is 0 Å². The van der Waals surface area contributed by atoms with E-state index in [1.54, 1.807) is 0 Å². The monoisotopic (exact) mass is 242 g/mol. The van der Waals surface area contributed by atoms with Crippen molar-refractivity contribution in [2.24, 2.45) is 0 Å². The minimum Gasteiger partial charge on any atom is -0.372 e. The number of aromatic amines is 1. The minimum atomic E-state index is -0.132. The van der Waals surface area contributed by atoms with Crippen LogP contribution < -0.4 is 5.32 Å². The maximum Gasteiger partial charge on any atom is 0.109 e. The molecule has 94 valence electrons. The molecule has 1 aromatic heterocycles. The van der Waals surface area contributed by atoms with Crippen LogP contribution in [0, 0.1) is 0 Å². The van der Waals surface area contributed by atoms with E-state index in [1.165, 1.54) is 28.5 Å². The Morgan fingerprint density at radius 3 is 3.22 bits per heavy atom.